The highest BCUT2D eigenvalue weighted by Crippen LogP contribution is 2.32. The number of fused-ring (bicyclic) bond motifs is 2. The van der Waals surface area contributed by atoms with Crippen molar-refractivity contribution in [3.8, 4) is 0 Å². The summed E-state index contributed by atoms with van der Waals surface area (Å²) in [6.45, 7) is 0. The van der Waals surface area contributed by atoms with Gasteiger partial charge < -0.3 is 4.57 Å². The van der Waals surface area contributed by atoms with Crippen molar-refractivity contribution in [2.24, 2.45) is 0 Å². The maximum absolute atomic E-state index is 12.6. The molecule has 2 aromatic carbocycles. The second-order valence-electron chi connectivity index (χ2n) is 6.11. The predicted octanol–water partition coefficient (Wildman–Crippen LogP) is 2.44. The Labute approximate surface area is 143 Å². The lowest BCUT2D eigenvalue weighted by Gasteiger charge is -2.05. The average molecular weight is 328 g/mol. The summed E-state index contributed by atoms with van der Waals surface area (Å²) in [7, 11) is 0. The van der Waals surface area contributed by atoms with Crippen molar-refractivity contribution in [1.29, 1.82) is 0 Å². The van der Waals surface area contributed by atoms with Gasteiger partial charge in [-0.05, 0) is 17.5 Å². The Balaban J connectivity index is 1.78. The third kappa shape index (κ3) is 1.92. The van der Waals surface area contributed by atoms with Gasteiger partial charge in [-0.15, -0.1) is 0 Å². The zero-order chi connectivity index (χ0) is 17.0. The van der Waals surface area contributed by atoms with E-state index in [2.05, 4.69) is 5.32 Å². The van der Waals surface area contributed by atoms with E-state index in [-0.39, 0.29) is 11.8 Å². The second kappa shape index (κ2) is 5.01. The van der Waals surface area contributed by atoms with Crippen LogP contribution in [-0.4, -0.2) is 27.2 Å². The zero-order valence-electron chi connectivity index (χ0n) is 13.3. The van der Waals surface area contributed by atoms with E-state index in [4.69, 9.17) is 0 Å². The van der Waals surface area contributed by atoms with Gasteiger partial charge in [-0.3, -0.25) is 14.9 Å². The molecule has 2 aliphatic rings. The van der Waals surface area contributed by atoms with E-state index < -0.39 is 0 Å². The van der Waals surface area contributed by atoms with E-state index in [9.17, 15) is 9.59 Å². The van der Waals surface area contributed by atoms with Crippen molar-refractivity contribution in [3.05, 3.63) is 72.1 Å². The van der Waals surface area contributed by atoms with Gasteiger partial charge in [0, 0.05) is 17.8 Å². The number of nitrogens with one attached hydrogen (secondary N) is 1. The number of amides is 2. The summed E-state index contributed by atoms with van der Waals surface area (Å²) in [5, 5.41) is 3.46. The Bertz CT molecular complexity index is 1130. The number of aromatic nitrogens is 1. The Morgan fingerprint density at radius 3 is 2.64 bits per heavy atom. The fourth-order valence-electron chi connectivity index (χ4n) is 3.58. The molecular weight excluding hydrogens is 314 g/mol. The van der Waals surface area contributed by atoms with Gasteiger partial charge in [-0.2, -0.15) is 4.58 Å². The van der Waals surface area contributed by atoms with Crippen molar-refractivity contribution < 1.29 is 14.2 Å². The van der Waals surface area contributed by atoms with E-state index in [0.717, 1.165) is 28.6 Å². The molecule has 120 valence electrons. The molecule has 0 saturated heterocycles. The maximum Gasteiger partial charge on any atom is 0.325 e. The third-order valence-corrected chi connectivity index (χ3v) is 4.71. The largest absolute Gasteiger partial charge is 0.325 e. The summed E-state index contributed by atoms with van der Waals surface area (Å²) >= 11 is 0. The van der Waals surface area contributed by atoms with Gasteiger partial charge in [-0.1, -0.05) is 36.4 Å². The summed E-state index contributed by atoms with van der Waals surface area (Å²) in [6.07, 6.45) is 4.52. The molecule has 0 atom stereocenters. The molecule has 2 amide bonds. The second-order valence-corrected chi connectivity index (χ2v) is 6.11. The molecule has 0 spiro atoms. The zero-order valence-corrected chi connectivity index (χ0v) is 13.3. The molecule has 0 saturated carbocycles. The molecule has 0 bridgehead atoms. The normalized spacial score (nSPS) is 16.4. The van der Waals surface area contributed by atoms with Crippen LogP contribution in [0.2, 0.25) is 0 Å². The first-order valence-corrected chi connectivity index (χ1v) is 8.11. The first kappa shape index (κ1) is 13.9. The minimum atomic E-state index is -0.376. The Morgan fingerprint density at radius 2 is 1.72 bits per heavy atom. The number of nitrogens with zero attached hydrogens (tertiary/aromatic N) is 2. The number of hydrogen-bond acceptors (Lipinski definition) is 2. The minimum absolute atomic E-state index is 0.360. The number of carbonyl (C=O) groups excluding carboxylic acids is 2. The molecule has 1 aromatic heterocycles. The smallest absolute Gasteiger partial charge is 0.306 e. The van der Waals surface area contributed by atoms with Crippen LogP contribution in [0.25, 0.3) is 16.6 Å². The van der Waals surface area contributed by atoms with Gasteiger partial charge in [-0.25, -0.2) is 0 Å². The van der Waals surface area contributed by atoms with E-state index >= 15 is 0 Å². The lowest BCUT2D eigenvalue weighted by atomic mass is 10.1. The van der Waals surface area contributed by atoms with Crippen LogP contribution >= 0.6 is 0 Å². The lowest BCUT2D eigenvalue weighted by Crippen LogP contribution is -2.25. The SMILES string of the molecule is O=C1NC(=O)C([N+]2=CCc3ccccc32)=C1n1ccc2ccccc21. The van der Waals surface area contributed by atoms with Gasteiger partial charge in [0.2, 0.25) is 5.69 Å². The topological polar surface area (TPSA) is 54.1 Å². The fourth-order valence-corrected chi connectivity index (χ4v) is 3.58. The molecule has 0 fully saturated rings. The number of para-hydroxylation sites is 2. The van der Waals surface area contributed by atoms with Crippen LogP contribution in [0.1, 0.15) is 5.56 Å². The Morgan fingerprint density at radius 1 is 0.920 bits per heavy atom. The first-order valence-electron chi connectivity index (χ1n) is 8.11. The number of rotatable bonds is 2. The van der Waals surface area contributed by atoms with E-state index in [0.29, 0.717) is 11.4 Å². The monoisotopic (exact) mass is 328 g/mol. The molecule has 5 rings (SSSR count). The highest BCUT2D eigenvalue weighted by atomic mass is 16.2. The highest BCUT2D eigenvalue weighted by molar-refractivity contribution is 6.32. The molecule has 1 N–H and O–H groups in total. The Hall–Kier alpha value is -3.47. The van der Waals surface area contributed by atoms with Crippen LogP contribution in [-0.2, 0) is 16.0 Å². The minimum Gasteiger partial charge on any atom is -0.306 e. The molecule has 3 aromatic rings. The van der Waals surface area contributed by atoms with Crippen LogP contribution in [0.15, 0.2) is 66.5 Å². The molecule has 25 heavy (non-hydrogen) atoms. The van der Waals surface area contributed by atoms with Crippen molar-refractivity contribution in [2.75, 3.05) is 0 Å². The van der Waals surface area contributed by atoms with Crippen molar-refractivity contribution >= 4 is 40.3 Å². The van der Waals surface area contributed by atoms with Gasteiger partial charge in [0.05, 0.1) is 11.9 Å². The van der Waals surface area contributed by atoms with E-state index in [1.807, 2.05) is 71.6 Å². The molecule has 5 nitrogen and oxygen atoms in total. The molecule has 3 heterocycles. The summed E-state index contributed by atoms with van der Waals surface area (Å²) in [4.78, 5) is 25.1. The average Bonchev–Trinajstić information content (AvgIpc) is 3.30. The number of benzene rings is 2. The maximum atomic E-state index is 12.6. The fraction of sp³-hybridized carbons (Fsp3) is 0.0500. The van der Waals surface area contributed by atoms with Gasteiger partial charge in [0.25, 0.3) is 5.91 Å². The molecule has 0 unspecified atom stereocenters. The molecule has 5 heteroatoms. The predicted molar refractivity (Wildman–Crippen MR) is 94.4 cm³/mol. The Kier molecular flexibility index (Phi) is 2.79. The molecular formula is C20H14N3O2+. The number of hydrogen-bond donors (Lipinski definition) is 1. The highest BCUT2D eigenvalue weighted by Gasteiger charge is 2.43. The molecule has 0 aliphatic carbocycles. The van der Waals surface area contributed by atoms with Crippen molar-refractivity contribution in [2.45, 2.75) is 6.42 Å². The number of carbonyl (C=O) groups is 2. The summed E-state index contributed by atoms with van der Waals surface area (Å²) in [6, 6.07) is 17.7. The van der Waals surface area contributed by atoms with Crippen LogP contribution in [0, 0.1) is 0 Å². The standard InChI is InChI=1S/C20H13N3O2/c24-19-17(22-11-9-13-5-1-3-7-15(13)22)18(20(25)21-19)23-12-10-14-6-2-4-8-16(14)23/h1-9,11-12H,10H2/p+1. The quantitative estimate of drug-likeness (QED) is 0.580. The summed E-state index contributed by atoms with van der Waals surface area (Å²) in [5.41, 5.74) is 3.71. The first-order chi connectivity index (χ1) is 12.2. The van der Waals surface area contributed by atoms with Gasteiger partial charge >= 0.3 is 11.6 Å². The van der Waals surface area contributed by atoms with E-state index in [1.165, 1.54) is 0 Å². The number of imide groups is 1. The summed E-state index contributed by atoms with van der Waals surface area (Å²) in [5.74, 6) is -0.745. The molecule has 0 radical (unpaired) electrons. The lowest BCUT2D eigenvalue weighted by molar-refractivity contribution is -0.368. The third-order valence-electron chi connectivity index (χ3n) is 4.71. The van der Waals surface area contributed by atoms with Crippen molar-refractivity contribution in [3.63, 3.8) is 0 Å². The van der Waals surface area contributed by atoms with Crippen LogP contribution in [0.5, 0.6) is 0 Å². The van der Waals surface area contributed by atoms with Gasteiger partial charge in [0.1, 0.15) is 0 Å². The summed E-state index contributed by atoms with van der Waals surface area (Å²) < 4.78 is 3.62. The van der Waals surface area contributed by atoms with Crippen LogP contribution < -0.4 is 5.32 Å². The van der Waals surface area contributed by atoms with Crippen molar-refractivity contribution in [1.82, 2.24) is 9.88 Å². The van der Waals surface area contributed by atoms with Crippen LogP contribution in [0.4, 0.5) is 5.69 Å². The van der Waals surface area contributed by atoms with E-state index in [1.54, 1.807) is 4.57 Å². The van der Waals surface area contributed by atoms with Gasteiger partial charge in [0.15, 0.2) is 11.9 Å². The van der Waals surface area contributed by atoms with Crippen LogP contribution in [0.3, 0.4) is 0 Å². The molecule has 2 aliphatic heterocycles.